The Balaban J connectivity index is 0.000000151. The molecule has 0 unspecified atom stereocenters. The highest BCUT2D eigenvalue weighted by atomic mass is 35.5. The van der Waals surface area contributed by atoms with Gasteiger partial charge in [-0.05, 0) is 36.8 Å². The molecule has 26 heavy (non-hydrogen) atoms. The van der Waals surface area contributed by atoms with Crippen molar-refractivity contribution in [3.05, 3.63) is 80.1 Å². The molecule has 0 radical (unpaired) electrons. The maximum atomic E-state index is 11.4. The molecule has 0 saturated carbocycles. The molecule has 6 nitrogen and oxygen atoms in total. The molecule has 4 rings (SSSR count). The average molecular weight is 369 g/mol. The van der Waals surface area contributed by atoms with E-state index in [-0.39, 0.29) is 11.1 Å². The van der Waals surface area contributed by atoms with Crippen LogP contribution in [0.5, 0.6) is 0 Å². The summed E-state index contributed by atoms with van der Waals surface area (Å²) in [6.45, 7) is 1.92. The Morgan fingerprint density at radius 2 is 1.35 bits per heavy atom. The lowest BCUT2D eigenvalue weighted by Gasteiger charge is -2.04. The second-order valence-electron chi connectivity index (χ2n) is 5.86. The van der Waals surface area contributed by atoms with E-state index in [0.29, 0.717) is 10.7 Å². The molecule has 0 aromatic carbocycles. The third-order valence-corrected chi connectivity index (χ3v) is 4.45. The monoisotopic (exact) mass is 368 g/mol. The van der Waals surface area contributed by atoms with Gasteiger partial charge in [0, 0.05) is 49.4 Å². The van der Waals surface area contributed by atoms with Crippen LogP contribution in [-0.2, 0) is 14.1 Å². The summed E-state index contributed by atoms with van der Waals surface area (Å²) in [5.41, 5.74) is 2.18. The summed E-state index contributed by atoms with van der Waals surface area (Å²) in [7, 11) is 3.41. The van der Waals surface area contributed by atoms with Crippen molar-refractivity contribution in [3.8, 4) is 0 Å². The molecule has 4 aromatic rings. The number of nitrogens with zero attached hydrogens (tertiary/aromatic N) is 4. The van der Waals surface area contributed by atoms with Gasteiger partial charge in [-0.1, -0.05) is 11.6 Å². The fourth-order valence-corrected chi connectivity index (χ4v) is 2.92. The molecular formula is C19H17ClN4O2. The van der Waals surface area contributed by atoms with E-state index in [1.807, 2.05) is 25.1 Å². The van der Waals surface area contributed by atoms with Gasteiger partial charge in [-0.15, -0.1) is 0 Å². The molecular weight excluding hydrogens is 352 g/mol. The summed E-state index contributed by atoms with van der Waals surface area (Å²) in [5, 5.41) is 2.28. The lowest BCUT2D eigenvalue weighted by molar-refractivity contribution is 0.884. The Kier molecular flexibility index (Phi) is 4.86. The van der Waals surface area contributed by atoms with Crippen LogP contribution in [-0.4, -0.2) is 19.1 Å². The number of fused-ring (bicyclic) bond motifs is 2. The maximum Gasteiger partial charge on any atom is 0.253 e. The van der Waals surface area contributed by atoms with Crippen molar-refractivity contribution in [3.63, 3.8) is 0 Å². The van der Waals surface area contributed by atoms with Gasteiger partial charge in [-0.25, -0.2) is 9.97 Å². The van der Waals surface area contributed by atoms with Gasteiger partial charge in [0.2, 0.25) is 0 Å². The largest absolute Gasteiger partial charge is 0.296 e. The van der Waals surface area contributed by atoms with Crippen molar-refractivity contribution in [2.24, 2.45) is 14.1 Å². The number of hydrogen-bond acceptors (Lipinski definition) is 4. The van der Waals surface area contributed by atoms with E-state index >= 15 is 0 Å². The van der Waals surface area contributed by atoms with Crippen LogP contribution in [0.2, 0.25) is 5.02 Å². The Morgan fingerprint density at radius 1 is 0.846 bits per heavy atom. The van der Waals surface area contributed by atoms with E-state index in [1.165, 1.54) is 10.6 Å². The van der Waals surface area contributed by atoms with Crippen molar-refractivity contribution in [2.75, 3.05) is 0 Å². The first-order chi connectivity index (χ1) is 12.4. The Morgan fingerprint density at radius 3 is 1.96 bits per heavy atom. The van der Waals surface area contributed by atoms with E-state index in [2.05, 4.69) is 9.97 Å². The first-order valence-corrected chi connectivity index (χ1v) is 8.29. The van der Waals surface area contributed by atoms with Gasteiger partial charge < -0.3 is 0 Å². The van der Waals surface area contributed by atoms with Crippen LogP contribution in [0.3, 0.4) is 0 Å². The van der Waals surface area contributed by atoms with Crippen molar-refractivity contribution in [1.29, 1.82) is 0 Å². The van der Waals surface area contributed by atoms with Gasteiger partial charge in [-0.3, -0.25) is 18.7 Å². The van der Waals surface area contributed by atoms with Gasteiger partial charge in [0.1, 0.15) is 11.3 Å². The van der Waals surface area contributed by atoms with Crippen LogP contribution in [0.1, 0.15) is 5.56 Å². The number of aryl methyl sites for hydroxylation is 3. The molecule has 4 heterocycles. The summed E-state index contributed by atoms with van der Waals surface area (Å²) in [6.07, 6.45) is 3.33. The summed E-state index contributed by atoms with van der Waals surface area (Å²) >= 11 is 5.88. The van der Waals surface area contributed by atoms with E-state index in [4.69, 9.17) is 11.6 Å². The molecule has 0 fully saturated rings. The lowest BCUT2D eigenvalue weighted by atomic mass is 10.2. The van der Waals surface area contributed by atoms with Crippen molar-refractivity contribution >= 4 is 33.7 Å². The predicted octanol–water partition coefficient (Wildman–Crippen LogP) is 2.83. The zero-order valence-electron chi connectivity index (χ0n) is 14.6. The molecule has 4 aromatic heterocycles. The second kappa shape index (κ2) is 7.09. The first kappa shape index (κ1) is 17.8. The fraction of sp³-hybridized carbons (Fsp3) is 0.158. The molecule has 0 N–H and O–H groups in total. The van der Waals surface area contributed by atoms with E-state index in [1.54, 1.807) is 43.2 Å². The molecule has 0 bridgehead atoms. The topological polar surface area (TPSA) is 69.8 Å². The summed E-state index contributed by atoms with van der Waals surface area (Å²) in [6, 6.07) is 10.5. The Hall–Kier alpha value is -2.99. The highest BCUT2D eigenvalue weighted by Crippen LogP contribution is 2.18. The van der Waals surface area contributed by atoms with Crippen LogP contribution >= 0.6 is 11.6 Å². The van der Waals surface area contributed by atoms with Crippen molar-refractivity contribution < 1.29 is 0 Å². The van der Waals surface area contributed by atoms with Crippen LogP contribution in [0.25, 0.3) is 22.1 Å². The van der Waals surface area contributed by atoms with Gasteiger partial charge >= 0.3 is 0 Å². The van der Waals surface area contributed by atoms with Crippen LogP contribution in [0.15, 0.2) is 58.4 Å². The fourth-order valence-electron chi connectivity index (χ4n) is 2.67. The molecule has 0 amide bonds. The third kappa shape index (κ3) is 3.23. The predicted molar refractivity (Wildman–Crippen MR) is 104 cm³/mol. The van der Waals surface area contributed by atoms with Crippen LogP contribution in [0.4, 0.5) is 0 Å². The van der Waals surface area contributed by atoms with E-state index in [9.17, 15) is 9.59 Å². The number of halogens is 1. The zero-order chi connectivity index (χ0) is 18.8. The summed E-state index contributed by atoms with van der Waals surface area (Å²) in [5.74, 6) is 0. The summed E-state index contributed by atoms with van der Waals surface area (Å²) in [4.78, 5) is 30.9. The Labute approximate surface area is 154 Å². The molecule has 0 atom stereocenters. The number of hydrogen-bond donors (Lipinski definition) is 0. The standard InChI is InChI=1S/C10H10N2O.C9H7ClN2O/c1-7-6-9(13)12(2)10-8(7)4-3-5-11-10;1-12-8(13)5-7(10)6-3-2-4-11-9(6)12/h3-6H,1-2H3;2-5H,1H3. The maximum absolute atomic E-state index is 11.4. The molecule has 7 heteroatoms. The number of pyridine rings is 4. The van der Waals surface area contributed by atoms with Crippen LogP contribution < -0.4 is 11.1 Å². The van der Waals surface area contributed by atoms with Crippen molar-refractivity contribution in [2.45, 2.75) is 6.92 Å². The molecule has 0 saturated heterocycles. The third-order valence-electron chi connectivity index (χ3n) is 4.14. The molecule has 132 valence electrons. The van der Waals surface area contributed by atoms with E-state index in [0.717, 1.165) is 22.0 Å². The molecule has 0 spiro atoms. The van der Waals surface area contributed by atoms with Crippen LogP contribution in [0, 0.1) is 6.92 Å². The number of aromatic nitrogens is 4. The number of rotatable bonds is 0. The molecule has 0 aliphatic heterocycles. The molecule has 0 aliphatic rings. The lowest BCUT2D eigenvalue weighted by Crippen LogP contribution is -2.17. The minimum absolute atomic E-state index is 0.0105. The first-order valence-electron chi connectivity index (χ1n) is 7.92. The average Bonchev–Trinajstić information content (AvgIpc) is 2.65. The quantitative estimate of drug-likeness (QED) is 0.478. The highest BCUT2D eigenvalue weighted by Gasteiger charge is 2.04. The van der Waals surface area contributed by atoms with Gasteiger partial charge in [0.15, 0.2) is 0 Å². The van der Waals surface area contributed by atoms with Gasteiger partial charge in [0.25, 0.3) is 11.1 Å². The zero-order valence-corrected chi connectivity index (χ0v) is 15.4. The minimum Gasteiger partial charge on any atom is -0.296 e. The molecule has 0 aliphatic carbocycles. The van der Waals surface area contributed by atoms with Crippen molar-refractivity contribution in [1.82, 2.24) is 19.1 Å². The second-order valence-corrected chi connectivity index (χ2v) is 6.27. The minimum atomic E-state index is -0.142. The Bertz CT molecular complexity index is 1130. The van der Waals surface area contributed by atoms with Gasteiger partial charge in [0.05, 0.1) is 5.02 Å². The smallest absolute Gasteiger partial charge is 0.253 e. The van der Waals surface area contributed by atoms with E-state index < -0.39 is 0 Å². The van der Waals surface area contributed by atoms with Gasteiger partial charge in [-0.2, -0.15) is 0 Å². The normalized spacial score (nSPS) is 10.6. The summed E-state index contributed by atoms with van der Waals surface area (Å²) < 4.78 is 3.03. The SMILES string of the molecule is Cc1cc(=O)n(C)c2ncccc12.Cn1c(=O)cc(Cl)c2cccnc21. The highest BCUT2D eigenvalue weighted by molar-refractivity contribution is 6.35.